The molecule has 0 saturated carbocycles. The number of ether oxygens (including phenoxy) is 1. The first-order valence-electron chi connectivity index (χ1n) is 7.48. The highest BCUT2D eigenvalue weighted by Crippen LogP contribution is 2.49. The maximum Gasteiger partial charge on any atom is 0.125 e. The van der Waals surface area contributed by atoms with Crippen molar-refractivity contribution in [1.82, 2.24) is 5.32 Å². The summed E-state index contributed by atoms with van der Waals surface area (Å²) < 4.78 is 6.44. The number of rotatable bonds is 3. The van der Waals surface area contributed by atoms with Crippen LogP contribution in [0.25, 0.3) is 0 Å². The molecule has 20 heavy (non-hydrogen) atoms. The topological polar surface area (TPSA) is 21.3 Å². The molecular weight excluding hydrogens is 290 g/mol. The lowest BCUT2D eigenvalue weighted by molar-refractivity contribution is 0.0353. The Bertz CT molecular complexity index is 495. The largest absolute Gasteiger partial charge is 0.486 e. The molecule has 1 spiro atoms. The Hall–Kier alpha value is -0.380. The number of thioether (sulfide) groups is 1. The van der Waals surface area contributed by atoms with Gasteiger partial charge in [0.05, 0.1) is 0 Å². The van der Waals surface area contributed by atoms with Gasteiger partial charge in [-0.15, -0.1) is 0 Å². The lowest BCUT2D eigenvalue weighted by Gasteiger charge is -2.42. The Morgan fingerprint density at radius 3 is 3.05 bits per heavy atom. The Morgan fingerprint density at radius 1 is 1.50 bits per heavy atom. The molecule has 2 nitrogen and oxygen atoms in total. The first-order valence-corrected chi connectivity index (χ1v) is 8.91. The van der Waals surface area contributed by atoms with Crippen LogP contribution < -0.4 is 10.1 Å². The van der Waals surface area contributed by atoms with Crippen molar-refractivity contribution in [3.8, 4) is 5.75 Å². The number of hydrogen-bond acceptors (Lipinski definition) is 3. The Morgan fingerprint density at radius 2 is 2.35 bits per heavy atom. The summed E-state index contributed by atoms with van der Waals surface area (Å²) in [5.74, 6) is 2.22. The SMILES string of the molecule is CCCNC1CC2(CCSC2C)Oc2ccc(Cl)cc21. The minimum Gasteiger partial charge on any atom is -0.486 e. The molecule has 3 unspecified atom stereocenters. The predicted molar refractivity (Wildman–Crippen MR) is 87.0 cm³/mol. The van der Waals surface area contributed by atoms with Crippen molar-refractivity contribution in [1.29, 1.82) is 0 Å². The fourth-order valence-corrected chi connectivity index (χ4v) is 4.83. The number of hydrogen-bond donors (Lipinski definition) is 1. The third-order valence-electron chi connectivity index (χ3n) is 4.48. The van der Waals surface area contributed by atoms with E-state index in [0.29, 0.717) is 11.3 Å². The van der Waals surface area contributed by atoms with Gasteiger partial charge in [0.15, 0.2) is 0 Å². The summed E-state index contributed by atoms with van der Waals surface area (Å²) in [6.07, 6.45) is 3.34. The van der Waals surface area contributed by atoms with E-state index in [1.165, 1.54) is 11.3 Å². The highest BCUT2D eigenvalue weighted by Gasteiger charge is 2.48. The van der Waals surface area contributed by atoms with E-state index in [0.717, 1.165) is 36.6 Å². The fourth-order valence-electron chi connectivity index (χ4n) is 3.27. The van der Waals surface area contributed by atoms with E-state index in [4.69, 9.17) is 16.3 Å². The van der Waals surface area contributed by atoms with Crippen LogP contribution in [0.2, 0.25) is 5.02 Å². The molecule has 0 amide bonds. The maximum absolute atomic E-state index is 6.44. The standard InChI is InChI=1S/C16H22ClNOS/c1-3-7-18-14-10-16(6-8-20-11(16)2)19-15-5-4-12(17)9-13(14)15/h4-5,9,11,14,18H,3,6-8,10H2,1-2H3. The van der Waals surface area contributed by atoms with Crippen molar-refractivity contribution in [2.75, 3.05) is 12.3 Å². The predicted octanol–water partition coefficient (Wildman–Crippen LogP) is 4.43. The molecule has 2 aliphatic heterocycles. The normalized spacial score (nSPS) is 32.1. The van der Waals surface area contributed by atoms with Crippen LogP contribution in [0.1, 0.15) is 44.7 Å². The average molecular weight is 312 g/mol. The van der Waals surface area contributed by atoms with Crippen molar-refractivity contribution in [3.05, 3.63) is 28.8 Å². The summed E-state index contributed by atoms with van der Waals surface area (Å²) in [6, 6.07) is 6.39. The van der Waals surface area contributed by atoms with Gasteiger partial charge in [-0.3, -0.25) is 0 Å². The molecule has 4 heteroatoms. The van der Waals surface area contributed by atoms with Gasteiger partial charge in [-0.2, -0.15) is 11.8 Å². The van der Waals surface area contributed by atoms with Crippen LogP contribution in [0, 0.1) is 0 Å². The molecule has 3 rings (SSSR count). The van der Waals surface area contributed by atoms with Crippen molar-refractivity contribution in [2.24, 2.45) is 0 Å². The van der Waals surface area contributed by atoms with Crippen LogP contribution in [-0.2, 0) is 0 Å². The maximum atomic E-state index is 6.44. The fraction of sp³-hybridized carbons (Fsp3) is 0.625. The minimum atomic E-state index is -0.00307. The van der Waals surface area contributed by atoms with Gasteiger partial charge in [0.1, 0.15) is 11.4 Å². The van der Waals surface area contributed by atoms with E-state index in [1.807, 2.05) is 23.9 Å². The summed E-state index contributed by atoms with van der Waals surface area (Å²) in [5, 5.41) is 5.02. The quantitative estimate of drug-likeness (QED) is 0.892. The number of nitrogens with one attached hydrogen (secondary N) is 1. The zero-order chi connectivity index (χ0) is 14.2. The van der Waals surface area contributed by atoms with Crippen LogP contribution in [0.5, 0.6) is 5.75 Å². The summed E-state index contributed by atoms with van der Waals surface area (Å²) >= 11 is 8.20. The lowest BCUT2D eigenvalue weighted by atomic mass is 9.83. The molecule has 0 bridgehead atoms. The molecule has 1 saturated heterocycles. The van der Waals surface area contributed by atoms with Gasteiger partial charge in [-0.05, 0) is 50.3 Å². The second-order valence-electron chi connectivity index (χ2n) is 5.82. The summed E-state index contributed by atoms with van der Waals surface area (Å²) in [6.45, 7) is 5.54. The summed E-state index contributed by atoms with van der Waals surface area (Å²) in [7, 11) is 0. The summed E-state index contributed by atoms with van der Waals surface area (Å²) in [5.41, 5.74) is 1.22. The second kappa shape index (κ2) is 5.78. The van der Waals surface area contributed by atoms with Gasteiger partial charge in [0.2, 0.25) is 0 Å². The van der Waals surface area contributed by atoms with Crippen molar-refractivity contribution < 1.29 is 4.74 Å². The second-order valence-corrected chi connectivity index (χ2v) is 7.71. The third-order valence-corrected chi connectivity index (χ3v) is 6.09. The molecule has 0 radical (unpaired) electrons. The first-order chi connectivity index (χ1) is 9.64. The zero-order valence-corrected chi connectivity index (χ0v) is 13.7. The van der Waals surface area contributed by atoms with Crippen LogP contribution >= 0.6 is 23.4 Å². The van der Waals surface area contributed by atoms with E-state index in [9.17, 15) is 0 Å². The van der Waals surface area contributed by atoms with Gasteiger partial charge >= 0.3 is 0 Å². The van der Waals surface area contributed by atoms with Gasteiger partial charge in [-0.1, -0.05) is 18.5 Å². The molecule has 0 aliphatic carbocycles. The molecule has 3 atom stereocenters. The van der Waals surface area contributed by atoms with E-state index >= 15 is 0 Å². The molecule has 1 N–H and O–H groups in total. The van der Waals surface area contributed by atoms with E-state index in [-0.39, 0.29) is 5.60 Å². The van der Waals surface area contributed by atoms with Gasteiger partial charge in [0.25, 0.3) is 0 Å². The highest BCUT2D eigenvalue weighted by atomic mass is 35.5. The van der Waals surface area contributed by atoms with Gasteiger partial charge in [-0.25, -0.2) is 0 Å². The molecule has 1 aromatic carbocycles. The molecule has 2 heterocycles. The van der Waals surface area contributed by atoms with Crippen LogP contribution in [0.4, 0.5) is 0 Å². The van der Waals surface area contributed by atoms with Crippen LogP contribution in [0.15, 0.2) is 18.2 Å². The molecule has 2 aliphatic rings. The van der Waals surface area contributed by atoms with Crippen molar-refractivity contribution >= 4 is 23.4 Å². The van der Waals surface area contributed by atoms with Crippen molar-refractivity contribution in [2.45, 2.75) is 50.0 Å². The van der Waals surface area contributed by atoms with Crippen molar-refractivity contribution in [3.63, 3.8) is 0 Å². The average Bonchev–Trinajstić information content (AvgIpc) is 2.78. The molecule has 0 aromatic heterocycles. The number of benzene rings is 1. The summed E-state index contributed by atoms with van der Waals surface area (Å²) in [4.78, 5) is 0. The van der Waals surface area contributed by atoms with E-state index in [2.05, 4.69) is 25.2 Å². The van der Waals surface area contributed by atoms with Gasteiger partial charge in [0, 0.05) is 28.3 Å². The van der Waals surface area contributed by atoms with E-state index < -0.39 is 0 Å². The first kappa shape index (κ1) is 14.6. The zero-order valence-electron chi connectivity index (χ0n) is 12.1. The van der Waals surface area contributed by atoms with Crippen LogP contribution in [0.3, 0.4) is 0 Å². The Balaban J connectivity index is 1.94. The molecule has 110 valence electrons. The molecule has 1 aromatic rings. The lowest BCUT2D eigenvalue weighted by Crippen LogP contribution is -2.48. The van der Waals surface area contributed by atoms with Crippen LogP contribution in [-0.4, -0.2) is 23.1 Å². The minimum absolute atomic E-state index is 0.00307. The Labute approximate surface area is 130 Å². The monoisotopic (exact) mass is 311 g/mol. The van der Waals surface area contributed by atoms with Gasteiger partial charge < -0.3 is 10.1 Å². The highest BCUT2D eigenvalue weighted by molar-refractivity contribution is 8.00. The molecular formula is C16H22ClNOS. The third kappa shape index (κ3) is 2.56. The smallest absolute Gasteiger partial charge is 0.125 e. The Kier molecular flexibility index (Phi) is 4.21. The number of halogens is 1. The van der Waals surface area contributed by atoms with E-state index in [1.54, 1.807) is 0 Å². The number of fused-ring (bicyclic) bond motifs is 1. The molecule has 1 fully saturated rings.